The third-order valence-corrected chi connectivity index (χ3v) is 4.09. The first-order chi connectivity index (χ1) is 13.5. The minimum atomic E-state index is -4.86. The lowest BCUT2D eigenvalue weighted by atomic mass is 9.96. The topological polar surface area (TPSA) is 143 Å². The van der Waals surface area contributed by atoms with Crippen LogP contribution in [0.25, 0.3) is 22.0 Å². The molecule has 3 rings (SSSR count). The van der Waals surface area contributed by atoms with Crippen LogP contribution in [0.3, 0.4) is 0 Å². The van der Waals surface area contributed by atoms with E-state index in [1.807, 2.05) is 0 Å². The highest BCUT2D eigenvalue weighted by molar-refractivity contribution is 6.03. The smallest absolute Gasteiger partial charge is 0.366 e. The van der Waals surface area contributed by atoms with Gasteiger partial charge in [-0.2, -0.15) is 13.2 Å². The fourth-order valence-corrected chi connectivity index (χ4v) is 2.92. The van der Waals surface area contributed by atoms with Gasteiger partial charge in [0.05, 0.1) is 11.1 Å². The van der Waals surface area contributed by atoms with E-state index < -0.39 is 28.8 Å². The van der Waals surface area contributed by atoms with Gasteiger partial charge in [0.25, 0.3) is 5.09 Å². The molecule has 150 valence electrons. The molecule has 4 N–H and O–H groups in total. The van der Waals surface area contributed by atoms with Crippen LogP contribution in [-0.2, 0) is 6.18 Å². The number of amides is 2. The summed E-state index contributed by atoms with van der Waals surface area (Å²) in [4.78, 5) is 37.9. The fourth-order valence-electron chi connectivity index (χ4n) is 2.92. The number of halogens is 3. The van der Waals surface area contributed by atoms with Gasteiger partial charge in [-0.1, -0.05) is 6.07 Å². The first-order valence-corrected chi connectivity index (χ1v) is 7.77. The summed E-state index contributed by atoms with van der Waals surface area (Å²) in [5.41, 5.74) is 8.42. The van der Waals surface area contributed by atoms with Crippen LogP contribution in [0.1, 0.15) is 15.9 Å². The summed E-state index contributed by atoms with van der Waals surface area (Å²) in [6.07, 6.45) is -3.80. The summed E-state index contributed by atoms with van der Waals surface area (Å²) in [6, 6.07) is 5.23. The maximum absolute atomic E-state index is 13.6. The second-order valence-corrected chi connectivity index (χ2v) is 5.87. The summed E-state index contributed by atoms with van der Waals surface area (Å²) >= 11 is 0. The van der Waals surface area contributed by atoms with Crippen LogP contribution in [0.4, 0.5) is 18.0 Å². The largest absolute Gasteiger partial charge is 0.417 e. The molecule has 1 heterocycles. The zero-order chi connectivity index (χ0) is 21.5. The van der Waals surface area contributed by atoms with Gasteiger partial charge in [0, 0.05) is 22.7 Å². The second-order valence-electron chi connectivity index (χ2n) is 5.87. The molecule has 0 unspecified atom stereocenters. The highest BCUT2D eigenvalue weighted by atomic mass is 19.4. The third-order valence-electron chi connectivity index (χ3n) is 4.09. The molecule has 2 amide bonds. The van der Waals surface area contributed by atoms with Crippen molar-refractivity contribution in [3.8, 4) is 16.9 Å². The third kappa shape index (κ3) is 3.67. The van der Waals surface area contributed by atoms with Gasteiger partial charge in [-0.15, -0.1) is 10.1 Å². The Morgan fingerprint density at radius 2 is 1.76 bits per heavy atom. The summed E-state index contributed by atoms with van der Waals surface area (Å²) in [6.45, 7) is 0. The fraction of sp³-hybridized carbons (Fsp3) is 0.0588. The van der Waals surface area contributed by atoms with Crippen molar-refractivity contribution in [1.29, 1.82) is 0 Å². The maximum Gasteiger partial charge on any atom is 0.417 e. The first-order valence-electron chi connectivity index (χ1n) is 7.77. The number of carbonyl (C=O) groups excluding carboxylic acids is 2. The number of alkyl halides is 3. The minimum Gasteiger partial charge on any atom is -0.366 e. The van der Waals surface area contributed by atoms with Crippen LogP contribution in [0.15, 0.2) is 42.6 Å². The minimum absolute atomic E-state index is 0.0421. The van der Waals surface area contributed by atoms with Crippen molar-refractivity contribution < 1.29 is 32.7 Å². The van der Waals surface area contributed by atoms with E-state index in [1.165, 1.54) is 6.07 Å². The molecule has 2 aromatic carbocycles. The molecule has 1 aromatic heterocycles. The number of rotatable bonds is 4. The SMILES string of the molecule is NC(=O)c1ccc(-c2cn(C(N)=O)c3ccc(O[N+](=O)[O-])cc23)c(C(F)(F)F)c1. The van der Waals surface area contributed by atoms with E-state index in [9.17, 15) is 32.9 Å². The lowest BCUT2D eigenvalue weighted by Gasteiger charge is -2.13. The van der Waals surface area contributed by atoms with Crippen molar-refractivity contribution in [2.75, 3.05) is 0 Å². The van der Waals surface area contributed by atoms with E-state index in [0.717, 1.165) is 35.0 Å². The molecule has 0 aliphatic rings. The van der Waals surface area contributed by atoms with Gasteiger partial charge in [-0.3, -0.25) is 14.2 Å². The Bertz CT molecular complexity index is 1170. The monoisotopic (exact) mass is 408 g/mol. The number of aromatic nitrogens is 1. The lowest BCUT2D eigenvalue weighted by Crippen LogP contribution is -2.18. The molecular weight excluding hydrogens is 397 g/mol. The Kier molecular flexibility index (Phi) is 4.62. The van der Waals surface area contributed by atoms with E-state index in [-0.39, 0.29) is 33.3 Å². The number of primary amides is 2. The molecular formula is C17H11F3N4O5. The van der Waals surface area contributed by atoms with Gasteiger partial charge >= 0.3 is 12.2 Å². The number of benzene rings is 2. The van der Waals surface area contributed by atoms with E-state index in [1.54, 1.807) is 0 Å². The Morgan fingerprint density at radius 1 is 1.07 bits per heavy atom. The average molecular weight is 408 g/mol. The standard InChI is InChI=1S/C17H11F3N4O5/c18-17(19,20)13-5-8(15(21)25)1-3-10(13)12-7-23(16(22)26)14-4-2-9(6-11(12)14)29-24(27)28/h1-7H,(H2,21,25)(H2,22,26). The van der Waals surface area contributed by atoms with Crippen molar-refractivity contribution >= 4 is 22.8 Å². The summed E-state index contributed by atoms with van der Waals surface area (Å²) < 4.78 is 41.8. The quantitative estimate of drug-likeness (QED) is 0.504. The van der Waals surface area contributed by atoms with Crippen LogP contribution in [0, 0.1) is 10.1 Å². The highest BCUT2D eigenvalue weighted by Gasteiger charge is 2.35. The van der Waals surface area contributed by atoms with Gasteiger partial charge in [0.1, 0.15) is 5.75 Å². The molecule has 29 heavy (non-hydrogen) atoms. The molecule has 9 nitrogen and oxygen atoms in total. The number of hydrogen-bond donors (Lipinski definition) is 2. The summed E-state index contributed by atoms with van der Waals surface area (Å²) in [5.74, 6) is -1.32. The van der Waals surface area contributed by atoms with Crippen LogP contribution >= 0.6 is 0 Å². The number of carbonyl (C=O) groups is 2. The van der Waals surface area contributed by atoms with Crippen molar-refractivity contribution in [1.82, 2.24) is 4.57 Å². The van der Waals surface area contributed by atoms with Crippen molar-refractivity contribution in [2.45, 2.75) is 6.18 Å². The number of fused-ring (bicyclic) bond motifs is 1. The average Bonchev–Trinajstić information content (AvgIpc) is 2.98. The molecule has 0 fully saturated rings. The van der Waals surface area contributed by atoms with Crippen molar-refractivity contribution in [3.63, 3.8) is 0 Å². The molecule has 0 bridgehead atoms. The Labute approximate surface area is 159 Å². The normalized spacial score (nSPS) is 11.4. The lowest BCUT2D eigenvalue weighted by molar-refractivity contribution is -0.711. The molecule has 12 heteroatoms. The Balaban J connectivity index is 2.35. The van der Waals surface area contributed by atoms with Crippen LogP contribution in [0.2, 0.25) is 0 Å². The highest BCUT2D eigenvalue weighted by Crippen LogP contribution is 2.41. The van der Waals surface area contributed by atoms with E-state index in [4.69, 9.17) is 11.5 Å². The van der Waals surface area contributed by atoms with E-state index in [0.29, 0.717) is 6.07 Å². The summed E-state index contributed by atoms with van der Waals surface area (Å²) in [5, 5.41) is 9.53. The second kappa shape index (κ2) is 6.82. The first kappa shape index (κ1) is 19.7. The molecule has 3 aromatic rings. The van der Waals surface area contributed by atoms with Gasteiger partial charge in [-0.25, -0.2) is 4.79 Å². The predicted molar refractivity (Wildman–Crippen MR) is 93.5 cm³/mol. The van der Waals surface area contributed by atoms with Gasteiger partial charge in [0.2, 0.25) is 5.91 Å². The molecule has 0 spiro atoms. The maximum atomic E-state index is 13.6. The van der Waals surface area contributed by atoms with Gasteiger partial charge < -0.3 is 11.5 Å². The van der Waals surface area contributed by atoms with Crippen molar-refractivity contribution in [3.05, 3.63) is 63.8 Å². The number of nitrogens with zero attached hydrogens (tertiary/aromatic N) is 2. The molecule has 0 saturated heterocycles. The predicted octanol–water partition coefficient (Wildman–Crippen LogP) is 2.92. The van der Waals surface area contributed by atoms with Crippen LogP contribution in [-0.4, -0.2) is 21.6 Å². The zero-order valence-corrected chi connectivity index (χ0v) is 14.3. The molecule has 0 saturated carbocycles. The van der Waals surface area contributed by atoms with Gasteiger partial charge in [0.15, 0.2) is 0 Å². The molecule has 0 aliphatic carbocycles. The Hall–Kier alpha value is -4.09. The van der Waals surface area contributed by atoms with Gasteiger partial charge in [-0.05, 0) is 35.9 Å². The van der Waals surface area contributed by atoms with E-state index >= 15 is 0 Å². The number of hydrogen-bond acceptors (Lipinski definition) is 5. The van der Waals surface area contributed by atoms with Crippen LogP contribution < -0.4 is 16.3 Å². The molecule has 0 aliphatic heterocycles. The zero-order valence-electron chi connectivity index (χ0n) is 14.3. The molecule has 0 radical (unpaired) electrons. The van der Waals surface area contributed by atoms with Crippen molar-refractivity contribution in [2.24, 2.45) is 11.5 Å². The Morgan fingerprint density at radius 3 is 2.31 bits per heavy atom. The van der Waals surface area contributed by atoms with E-state index in [2.05, 4.69) is 4.84 Å². The number of nitrogens with two attached hydrogens (primary N) is 2. The molecule has 0 atom stereocenters. The van der Waals surface area contributed by atoms with Crippen LogP contribution in [0.5, 0.6) is 5.75 Å². The summed E-state index contributed by atoms with van der Waals surface area (Å²) in [7, 11) is 0.